The Labute approximate surface area is 114 Å². The van der Waals surface area contributed by atoms with Gasteiger partial charge in [0.15, 0.2) is 5.65 Å². The molecule has 3 nitrogen and oxygen atoms in total. The second-order valence-corrected chi connectivity index (χ2v) is 5.36. The van der Waals surface area contributed by atoms with Crippen molar-refractivity contribution in [2.45, 2.75) is 26.7 Å². The zero-order valence-corrected chi connectivity index (χ0v) is 11.6. The number of aryl methyl sites for hydroxylation is 2. The molecule has 0 atom stereocenters. The molecule has 0 N–H and O–H groups in total. The van der Waals surface area contributed by atoms with Gasteiger partial charge in [-0.2, -0.15) is 0 Å². The third-order valence-electron chi connectivity index (χ3n) is 3.79. The van der Waals surface area contributed by atoms with Crippen LogP contribution in [-0.4, -0.2) is 23.1 Å². The summed E-state index contributed by atoms with van der Waals surface area (Å²) in [5.41, 5.74) is 4.48. The minimum absolute atomic E-state index is 0.861. The quantitative estimate of drug-likeness (QED) is 0.729. The Hall–Kier alpha value is -1.90. The van der Waals surface area contributed by atoms with E-state index in [4.69, 9.17) is 4.98 Å². The minimum atomic E-state index is 0.861. The lowest BCUT2D eigenvalue weighted by atomic mass is 10.1. The average Bonchev–Trinajstić information content (AvgIpc) is 2.38. The fourth-order valence-electron chi connectivity index (χ4n) is 2.65. The summed E-state index contributed by atoms with van der Waals surface area (Å²) >= 11 is 0. The molecule has 0 aliphatic carbocycles. The molecule has 3 rings (SSSR count). The summed E-state index contributed by atoms with van der Waals surface area (Å²) < 4.78 is 0. The molecular formula is C16H19N3. The lowest BCUT2D eigenvalue weighted by Gasteiger charge is -2.29. The van der Waals surface area contributed by atoms with Crippen LogP contribution < -0.4 is 4.90 Å². The van der Waals surface area contributed by atoms with Crippen LogP contribution in [0, 0.1) is 13.8 Å². The maximum absolute atomic E-state index is 4.73. The highest BCUT2D eigenvalue weighted by Gasteiger charge is 2.15. The number of aromatic nitrogens is 2. The van der Waals surface area contributed by atoms with Gasteiger partial charge < -0.3 is 4.90 Å². The Kier molecular flexibility index (Phi) is 2.97. The first kappa shape index (κ1) is 12.2. The highest BCUT2D eigenvalue weighted by Crippen LogP contribution is 2.23. The van der Waals surface area contributed by atoms with E-state index in [1.807, 2.05) is 6.92 Å². The average molecular weight is 253 g/mol. The van der Waals surface area contributed by atoms with E-state index >= 15 is 0 Å². The first-order chi connectivity index (χ1) is 9.13. The zero-order chi connectivity index (χ0) is 13.4. The summed E-state index contributed by atoms with van der Waals surface area (Å²) in [5, 5.41) is 1.15. The molecule has 1 fully saturated rings. The number of hydrogen-bond donors (Lipinski definition) is 0. The normalized spacial score (nSPS) is 16.1. The molecule has 1 aliphatic heterocycles. The molecule has 0 saturated carbocycles. The number of rotatable bonds is 1. The number of anilines is 1. The first-order valence-electron chi connectivity index (χ1n) is 6.80. The minimum Gasteiger partial charge on any atom is -0.356 e. The Bertz CT molecular complexity index is 636. The molecule has 0 spiro atoms. The van der Waals surface area contributed by atoms with Crippen LogP contribution in [0.2, 0.25) is 0 Å². The molecule has 98 valence electrons. The topological polar surface area (TPSA) is 29.0 Å². The van der Waals surface area contributed by atoms with Crippen molar-refractivity contribution < 1.29 is 0 Å². The summed E-state index contributed by atoms with van der Waals surface area (Å²) in [5.74, 6) is 1.04. The Morgan fingerprint density at radius 1 is 1.11 bits per heavy atom. The van der Waals surface area contributed by atoms with Crippen LogP contribution >= 0.6 is 0 Å². The van der Waals surface area contributed by atoms with Crippen molar-refractivity contribution in [3.63, 3.8) is 0 Å². The van der Waals surface area contributed by atoms with Crippen molar-refractivity contribution in [3.05, 3.63) is 41.6 Å². The van der Waals surface area contributed by atoms with E-state index in [0.29, 0.717) is 0 Å². The van der Waals surface area contributed by atoms with E-state index in [2.05, 4.69) is 41.6 Å². The number of nitrogens with zero attached hydrogens (tertiary/aromatic N) is 3. The standard InChI is InChI=1S/C16H19N3/c1-11-6-8-19(9-7-11)15-5-4-14-12(2)10-13(3)17-16(14)18-15/h4-5,10H,1,6-9H2,2-3H3. The van der Waals surface area contributed by atoms with Gasteiger partial charge in [0.25, 0.3) is 0 Å². The van der Waals surface area contributed by atoms with Crippen molar-refractivity contribution in [1.29, 1.82) is 0 Å². The number of pyridine rings is 2. The van der Waals surface area contributed by atoms with Crippen molar-refractivity contribution in [1.82, 2.24) is 9.97 Å². The van der Waals surface area contributed by atoms with Crippen LogP contribution in [0.3, 0.4) is 0 Å². The molecule has 1 saturated heterocycles. The lowest BCUT2D eigenvalue weighted by molar-refractivity contribution is 0.680. The number of piperidine rings is 1. The fraction of sp³-hybridized carbons (Fsp3) is 0.375. The van der Waals surface area contributed by atoms with Gasteiger partial charge >= 0.3 is 0 Å². The summed E-state index contributed by atoms with van der Waals surface area (Å²) in [6, 6.07) is 6.36. The SMILES string of the molecule is C=C1CCN(c2ccc3c(C)cc(C)nc3n2)CC1. The van der Waals surface area contributed by atoms with Gasteiger partial charge in [-0.3, -0.25) is 0 Å². The van der Waals surface area contributed by atoms with Crippen LogP contribution in [0.4, 0.5) is 5.82 Å². The third-order valence-corrected chi connectivity index (χ3v) is 3.79. The van der Waals surface area contributed by atoms with Crippen LogP contribution in [0.25, 0.3) is 11.0 Å². The van der Waals surface area contributed by atoms with Crippen LogP contribution in [0.1, 0.15) is 24.1 Å². The maximum atomic E-state index is 4.73. The first-order valence-corrected chi connectivity index (χ1v) is 6.80. The molecule has 2 aromatic rings. The summed E-state index contributed by atoms with van der Waals surface area (Å²) in [7, 11) is 0. The summed E-state index contributed by atoms with van der Waals surface area (Å²) in [6.07, 6.45) is 2.14. The smallest absolute Gasteiger partial charge is 0.162 e. The van der Waals surface area contributed by atoms with Crippen molar-refractivity contribution in [3.8, 4) is 0 Å². The Morgan fingerprint density at radius 3 is 2.58 bits per heavy atom. The van der Waals surface area contributed by atoms with Gasteiger partial charge in [0, 0.05) is 24.2 Å². The molecule has 1 aliphatic rings. The Morgan fingerprint density at radius 2 is 1.84 bits per heavy atom. The number of hydrogen-bond acceptors (Lipinski definition) is 3. The zero-order valence-electron chi connectivity index (χ0n) is 11.6. The van der Waals surface area contributed by atoms with Crippen molar-refractivity contribution in [2.24, 2.45) is 0 Å². The second-order valence-electron chi connectivity index (χ2n) is 5.36. The van der Waals surface area contributed by atoms with Gasteiger partial charge in [-0.05, 0) is 50.5 Å². The van der Waals surface area contributed by atoms with Gasteiger partial charge in [0.05, 0.1) is 0 Å². The summed E-state index contributed by atoms with van der Waals surface area (Å²) in [4.78, 5) is 11.6. The molecular weight excluding hydrogens is 234 g/mol. The van der Waals surface area contributed by atoms with E-state index < -0.39 is 0 Å². The van der Waals surface area contributed by atoms with E-state index in [0.717, 1.165) is 48.5 Å². The monoisotopic (exact) mass is 253 g/mol. The highest BCUT2D eigenvalue weighted by atomic mass is 15.2. The largest absolute Gasteiger partial charge is 0.356 e. The summed E-state index contributed by atoms with van der Waals surface area (Å²) in [6.45, 7) is 10.2. The van der Waals surface area contributed by atoms with Crippen LogP contribution in [-0.2, 0) is 0 Å². The maximum Gasteiger partial charge on any atom is 0.162 e. The van der Waals surface area contributed by atoms with Crippen LogP contribution in [0.15, 0.2) is 30.4 Å². The van der Waals surface area contributed by atoms with Gasteiger partial charge in [-0.15, -0.1) is 0 Å². The van der Waals surface area contributed by atoms with E-state index in [9.17, 15) is 0 Å². The molecule has 3 heteroatoms. The molecule has 2 aromatic heterocycles. The molecule has 0 unspecified atom stereocenters. The molecule has 3 heterocycles. The van der Waals surface area contributed by atoms with E-state index in [1.165, 1.54) is 11.1 Å². The molecule has 0 radical (unpaired) electrons. The molecule has 0 amide bonds. The van der Waals surface area contributed by atoms with Gasteiger partial charge in [-0.1, -0.05) is 12.2 Å². The fourth-order valence-corrected chi connectivity index (χ4v) is 2.65. The van der Waals surface area contributed by atoms with Crippen molar-refractivity contribution in [2.75, 3.05) is 18.0 Å². The molecule has 0 aromatic carbocycles. The lowest BCUT2D eigenvalue weighted by Crippen LogP contribution is -2.31. The van der Waals surface area contributed by atoms with Gasteiger partial charge in [0.2, 0.25) is 0 Å². The highest BCUT2D eigenvalue weighted by molar-refractivity contribution is 5.80. The van der Waals surface area contributed by atoms with Gasteiger partial charge in [-0.25, -0.2) is 9.97 Å². The molecule has 0 bridgehead atoms. The second kappa shape index (κ2) is 4.65. The predicted molar refractivity (Wildman–Crippen MR) is 79.6 cm³/mol. The Balaban J connectivity index is 1.99. The molecule has 19 heavy (non-hydrogen) atoms. The van der Waals surface area contributed by atoms with Crippen molar-refractivity contribution >= 4 is 16.9 Å². The van der Waals surface area contributed by atoms with E-state index in [1.54, 1.807) is 0 Å². The third kappa shape index (κ3) is 2.33. The number of fused-ring (bicyclic) bond motifs is 1. The van der Waals surface area contributed by atoms with Gasteiger partial charge in [0.1, 0.15) is 5.82 Å². The van der Waals surface area contributed by atoms with Crippen LogP contribution in [0.5, 0.6) is 0 Å². The van der Waals surface area contributed by atoms with E-state index in [-0.39, 0.29) is 0 Å². The predicted octanol–water partition coefficient (Wildman–Crippen LogP) is 3.40.